The number of benzene rings is 1. The Morgan fingerprint density at radius 1 is 1.22 bits per heavy atom. The second-order valence-corrected chi connectivity index (χ2v) is 6.18. The Hall–Kier alpha value is -2.14. The van der Waals surface area contributed by atoms with Gasteiger partial charge in [0.05, 0.1) is 5.69 Å². The molecule has 23 heavy (non-hydrogen) atoms. The van der Waals surface area contributed by atoms with Crippen molar-refractivity contribution in [3.8, 4) is 0 Å². The second-order valence-electron chi connectivity index (χ2n) is 5.27. The summed E-state index contributed by atoms with van der Waals surface area (Å²) in [7, 11) is 0. The van der Waals surface area contributed by atoms with E-state index in [9.17, 15) is 4.79 Å². The summed E-state index contributed by atoms with van der Waals surface area (Å²) >= 11 is 1.60. The van der Waals surface area contributed by atoms with Gasteiger partial charge in [-0.25, -0.2) is 4.79 Å². The van der Waals surface area contributed by atoms with Crippen LogP contribution in [0.2, 0.25) is 0 Å². The summed E-state index contributed by atoms with van der Waals surface area (Å²) in [6.07, 6.45) is 1.71. The van der Waals surface area contributed by atoms with E-state index in [0.717, 1.165) is 12.2 Å². The van der Waals surface area contributed by atoms with Gasteiger partial charge in [-0.1, -0.05) is 30.0 Å². The number of fused-ring (bicyclic) bond motifs is 2. The molecule has 1 aliphatic rings. The molecule has 0 fully saturated rings. The minimum absolute atomic E-state index is 0.302. The van der Waals surface area contributed by atoms with Gasteiger partial charge in [-0.05, 0) is 37.6 Å². The molecule has 0 bridgehead atoms. The molecule has 3 rings (SSSR count). The van der Waals surface area contributed by atoms with Crippen molar-refractivity contribution in [2.24, 2.45) is 0 Å². The fourth-order valence-corrected chi connectivity index (χ4v) is 3.45. The van der Waals surface area contributed by atoms with Gasteiger partial charge in [0.25, 0.3) is 0 Å². The van der Waals surface area contributed by atoms with Crippen LogP contribution in [0, 0.1) is 0 Å². The average Bonchev–Trinajstić information content (AvgIpc) is 2.99. The molecule has 0 saturated heterocycles. The van der Waals surface area contributed by atoms with Crippen LogP contribution < -0.4 is 0 Å². The van der Waals surface area contributed by atoms with Crippen LogP contribution in [0.5, 0.6) is 0 Å². The van der Waals surface area contributed by atoms with Crippen LogP contribution >= 0.6 is 11.8 Å². The van der Waals surface area contributed by atoms with Gasteiger partial charge in [0, 0.05) is 36.1 Å². The topological polar surface area (TPSA) is 34.5 Å². The van der Waals surface area contributed by atoms with Crippen LogP contribution in [0.4, 0.5) is 4.79 Å². The van der Waals surface area contributed by atoms with Gasteiger partial charge < -0.3 is 14.2 Å². The molecular formula is C18H20N2O2S. The Balaban J connectivity index is 1.93. The van der Waals surface area contributed by atoms with Crippen LogP contribution in [0.15, 0.2) is 52.9 Å². The van der Waals surface area contributed by atoms with E-state index in [0.29, 0.717) is 18.8 Å². The molecule has 0 saturated carbocycles. The van der Waals surface area contributed by atoms with Crippen molar-refractivity contribution in [2.75, 3.05) is 13.1 Å². The lowest BCUT2D eigenvalue weighted by molar-refractivity contribution is 0.148. The van der Waals surface area contributed by atoms with Gasteiger partial charge in [0.15, 0.2) is 5.76 Å². The molecule has 0 unspecified atom stereocenters. The summed E-state index contributed by atoms with van der Waals surface area (Å²) in [6, 6.07) is 12.3. The van der Waals surface area contributed by atoms with Gasteiger partial charge in [0.1, 0.15) is 0 Å². The van der Waals surface area contributed by atoms with E-state index in [2.05, 4.69) is 22.8 Å². The molecule has 5 heteroatoms. The van der Waals surface area contributed by atoms with Gasteiger partial charge >= 0.3 is 6.09 Å². The Morgan fingerprint density at radius 3 is 2.78 bits per heavy atom. The highest BCUT2D eigenvalue weighted by atomic mass is 32.2. The summed E-state index contributed by atoms with van der Waals surface area (Å²) in [5.41, 5.74) is 2.19. The number of ether oxygens (including phenoxy) is 1. The molecule has 0 aliphatic carbocycles. The molecule has 4 nitrogen and oxygen atoms in total. The van der Waals surface area contributed by atoms with Crippen molar-refractivity contribution in [1.29, 1.82) is 0 Å². The predicted octanol–water partition coefficient (Wildman–Crippen LogP) is 4.42. The predicted molar refractivity (Wildman–Crippen MR) is 93.2 cm³/mol. The van der Waals surface area contributed by atoms with Crippen LogP contribution in [0.1, 0.15) is 25.1 Å². The third-order valence-electron chi connectivity index (χ3n) is 3.91. The van der Waals surface area contributed by atoms with E-state index in [4.69, 9.17) is 4.74 Å². The highest BCUT2D eigenvalue weighted by Gasteiger charge is 2.19. The van der Waals surface area contributed by atoms with E-state index in [1.807, 2.05) is 43.7 Å². The lowest BCUT2D eigenvalue weighted by atomic mass is 10.2. The minimum atomic E-state index is -0.302. The number of hydrogen-bond donors (Lipinski definition) is 0. The quantitative estimate of drug-likeness (QED) is 0.836. The molecule has 0 spiro atoms. The van der Waals surface area contributed by atoms with E-state index >= 15 is 0 Å². The first kappa shape index (κ1) is 15.7. The smallest absolute Gasteiger partial charge is 0.407 e. The van der Waals surface area contributed by atoms with Crippen molar-refractivity contribution in [3.63, 3.8) is 0 Å². The molecule has 1 aliphatic heterocycles. The molecular weight excluding hydrogens is 308 g/mol. The fourth-order valence-electron chi connectivity index (χ4n) is 2.60. The van der Waals surface area contributed by atoms with Gasteiger partial charge in [0.2, 0.25) is 0 Å². The van der Waals surface area contributed by atoms with Gasteiger partial charge in [-0.15, -0.1) is 0 Å². The molecule has 0 atom stereocenters. The standard InChI is InChI=1S/C18H20N2O2S/c1-3-19(4-2)18(21)22-16-13-23-17-10-6-5-8-14(17)12-20-11-7-9-15(16)20/h5-11,13H,3-4,12H2,1-2H3/b16-13+. The number of nitrogens with zero attached hydrogens (tertiary/aromatic N) is 2. The first-order valence-corrected chi connectivity index (χ1v) is 8.68. The highest BCUT2D eigenvalue weighted by molar-refractivity contribution is 8.02. The van der Waals surface area contributed by atoms with Crippen LogP contribution in [0.3, 0.4) is 0 Å². The fraction of sp³-hybridized carbons (Fsp3) is 0.278. The second kappa shape index (κ2) is 6.96. The lowest BCUT2D eigenvalue weighted by Gasteiger charge is -2.21. The number of rotatable bonds is 3. The maximum absolute atomic E-state index is 12.3. The molecule has 0 radical (unpaired) electrons. The van der Waals surface area contributed by atoms with E-state index in [1.54, 1.807) is 16.7 Å². The maximum atomic E-state index is 12.3. The zero-order chi connectivity index (χ0) is 16.2. The largest absolute Gasteiger partial charge is 0.415 e. The third kappa shape index (κ3) is 3.29. The van der Waals surface area contributed by atoms with Crippen LogP contribution in [-0.2, 0) is 11.3 Å². The van der Waals surface area contributed by atoms with E-state index in [1.165, 1.54) is 10.5 Å². The number of amides is 1. The highest BCUT2D eigenvalue weighted by Crippen LogP contribution is 2.32. The molecule has 1 amide bonds. The third-order valence-corrected chi connectivity index (χ3v) is 4.89. The zero-order valence-electron chi connectivity index (χ0n) is 13.4. The summed E-state index contributed by atoms with van der Waals surface area (Å²) in [5, 5.41) is 1.92. The number of carbonyl (C=O) groups is 1. The molecule has 0 N–H and O–H groups in total. The van der Waals surface area contributed by atoms with Crippen molar-refractivity contribution in [2.45, 2.75) is 25.3 Å². The van der Waals surface area contributed by atoms with Crippen molar-refractivity contribution < 1.29 is 9.53 Å². The maximum Gasteiger partial charge on any atom is 0.415 e. The normalized spacial score (nSPS) is 15.5. The number of aromatic nitrogens is 1. The monoisotopic (exact) mass is 328 g/mol. The van der Waals surface area contributed by atoms with Gasteiger partial charge in [-0.2, -0.15) is 0 Å². The zero-order valence-corrected chi connectivity index (χ0v) is 14.2. The summed E-state index contributed by atoms with van der Waals surface area (Å²) in [5.74, 6) is 0.603. The summed E-state index contributed by atoms with van der Waals surface area (Å²) in [4.78, 5) is 15.1. The molecule has 2 aromatic rings. The average molecular weight is 328 g/mol. The molecule has 120 valence electrons. The summed E-state index contributed by atoms with van der Waals surface area (Å²) < 4.78 is 7.79. The Kier molecular flexibility index (Phi) is 4.76. The van der Waals surface area contributed by atoms with Crippen molar-refractivity contribution in [3.05, 3.63) is 59.3 Å². The molecule has 1 aromatic heterocycles. The van der Waals surface area contributed by atoms with E-state index in [-0.39, 0.29) is 6.09 Å². The summed E-state index contributed by atoms with van der Waals surface area (Å²) in [6.45, 7) is 5.95. The Morgan fingerprint density at radius 2 is 2.00 bits per heavy atom. The van der Waals surface area contributed by atoms with Crippen LogP contribution in [-0.4, -0.2) is 28.6 Å². The van der Waals surface area contributed by atoms with E-state index < -0.39 is 0 Å². The number of carbonyl (C=O) groups excluding carboxylic acids is 1. The number of thioether (sulfide) groups is 1. The molecule has 1 aromatic carbocycles. The first-order chi connectivity index (χ1) is 11.2. The van der Waals surface area contributed by atoms with Crippen molar-refractivity contribution in [1.82, 2.24) is 9.47 Å². The Labute approximate surface area is 140 Å². The Bertz CT molecular complexity index is 732. The van der Waals surface area contributed by atoms with Crippen LogP contribution in [0.25, 0.3) is 5.76 Å². The lowest BCUT2D eigenvalue weighted by Crippen LogP contribution is -2.31. The first-order valence-electron chi connectivity index (χ1n) is 7.80. The van der Waals surface area contributed by atoms with Crippen molar-refractivity contribution >= 4 is 23.6 Å². The minimum Gasteiger partial charge on any atom is -0.407 e. The number of hydrogen-bond acceptors (Lipinski definition) is 3. The van der Waals surface area contributed by atoms with Gasteiger partial charge in [-0.3, -0.25) is 0 Å². The SMILES string of the molecule is CCN(CC)C(=O)O/C1=C/Sc2ccccc2Cn2cccc21. The molecule has 2 heterocycles.